The van der Waals surface area contributed by atoms with Gasteiger partial charge in [0, 0.05) is 34.9 Å². The standard InChI is InChI=1S/C21H19N5OS/c1-12-17-11-16(25-15-5-3-4-14(10-15)24-13(2)27)6-7-19(17)28-20(12)18-8-9-23-21(22)26-18/h3-11,25H,1-2H3,(H,24,27)(H2,22,23,26). The molecule has 0 bridgehead atoms. The zero-order valence-corrected chi connectivity index (χ0v) is 16.3. The number of hydrogen-bond donors (Lipinski definition) is 3. The van der Waals surface area contributed by atoms with E-state index in [2.05, 4.69) is 39.7 Å². The number of hydrogen-bond acceptors (Lipinski definition) is 6. The number of carbonyl (C=O) groups is 1. The lowest BCUT2D eigenvalue weighted by atomic mass is 10.1. The van der Waals surface area contributed by atoms with Crippen molar-refractivity contribution in [1.82, 2.24) is 9.97 Å². The molecule has 4 N–H and O–H groups in total. The molecule has 28 heavy (non-hydrogen) atoms. The Hall–Kier alpha value is -3.45. The molecular formula is C21H19N5OS. The Morgan fingerprint density at radius 1 is 1.07 bits per heavy atom. The van der Waals surface area contributed by atoms with E-state index in [1.807, 2.05) is 36.4 Å². The van der Waals surface area contributed by atoms with Crippen molar-refractivity contribution in [2.24, 2.45) is 0 Å². The summed E-state index contributed by atoms with van der Waals surface area (Å²) in [6.07, 6.45) is 1.68. The monoisotopic (exact) mass is 389 g/mol. The van der Waals surface area contributed by atoms with Crippen molar-refractivity contribution in [3.8, 4) is 10.6 Å². The number of rotatable bonds is 4. The summed E-state index contributed by atoms with van der Waals surface area (Å²) in [5.74, 6) is 0.182. The van der Waals surface area contributed by atoms with Crippen LogP contribution in [0.5, 0.6) is 0 Å². The van der Waals surface area contributed by atoms with Gasteiger partial charge in [-0.25, -0.2) is 9.97 Å². The largest absolute Gasteiger partial charge is 0.368 e. The predicted molar refractivity (Wildman–Crippen MR) is 116 cm³/mol. The summed E-state index contributed by atoms with van der Waals surface area (Å²) in [4.78, 5) is 20.7. The summed E-state index contributed by atoms with van der Waals surface area (Å²) in [5, 5.41) is 7.37. The van der Waals surface area contributed by atoms with Crippen LogP contribution in [0.3, 0.4) is 0 Å². The number of carbonyl (C=O) groups excluding carboxylic acids is 1. The average molecular weight is 389 g/mol. The Kier molecular flexibility index (Phi) is 4.67. The van der Waals surface area contributed by atoms with Crippen molar-refractivity contribution < 1.29 is 4.79 Å². The van der Waals surface area contributed by atoms with E-state index in [-0.39, 0.29) is 11.9 Å². The van der Waals surface area contributed by atoms with Gasteiger partial charge in [-0.2, -0.15) is 0 Å². The Morgan fingerprint density at radius 2 is 1.86 bits per heavy atom. The molecule has 0 aliphatic carbocycles. The molecule has 2 aromatic heterocycles. The number of nitrogens with one attached hydrogen (secondary N) is 2. The third-order valence-electron chi connectivity index (χ3n) is 4.31. The number of nitrogen functional groups attached to an aromatic ring is 1. The first-order chi connectivity index (χ1) is 13.5. The number of nitrogens with zero attached hydrogens (tertiary/aromatic N) is 2. The minimum Gasteiger partial charge on any atom is -0.368 e. The number of fused-ring (bicyclic) bond motifs is 1. The molecule has 0 fully saturated rings. The topological polar surface area (TPSA) is 92.9 Å². The quantitative estimate of drug-likeness (QED) is 0.459. The summed E-state index contributed by atoms with van der Waals surface area (Å²) in [6, 6.07) is 15.8. The molecule has 4 aromatic rings. The summed E-state index contributed by atoms with van der Waals surface area (Å²) in [6.45, 7) is 3.59. The number of nitrogens with two attached hydrogens (primary N) is 1. The van der Waals surface area contributed by atoms with Gasteiger partial charge in [0.1, 0.15) is 0 Å². The first kappa shape index (κ1) is 17.9. The summed E-state index contributed by atoms with van der Waals surface area (Å²) in [5.41, 5.74) is 10.4. The second kappa shape index (κ2) is 7.28. The minimum atomic E-state index is -0.0923. The van der Waals surface area contributed by atoms with Crippen molar-refractivity contribution in [1.29, 1.82) is 0 Å². The normalized spacial score (nSPS) is 10.8. The molecule has 0 atom stereocenters. The van der Waals surface area contributed by atoms with Crippen molar-refractivity contribution in [3.63, 3.8) is 0 Å². The first-order valence-corrected chi connectivity index (χ1v) is 9.58. The van der Waals surface area contributed by atoms with Gasteiger partial charge in [-0.05, 0) is 60.3 Å². The average Bonchev–Trinajstić information content (AvgIpc) is 2.98. The predicted octanol–water partition coefficient (Wildman–Crippen LogP) is 4.95. The van der Waals surface area contributed by atoms with Crippen LogP contribution >= 0.6 is 11.3 Å². The summed E-state index contributed by atoms with van der Waals surface area (Å²) in [7, 11) is 0. The van der Waals surface area contributed by atoms with E-state index in [4.69, 9.17) is 5.73 Å². The van der Waals surface area contributed by atoms with Gasteiger partial charge >= 0.3 is 0 Å². The highest BCUT2D eigenvalue weighted by molar-refractivity contribution is 7.22. The lowest BCUT2D eigenvalue weighted by Crippen LogP contribution is -2.05. The van der Waals surface area contributed by atoms with Gasteiger partial charge in [-0.1, -0.05) is 6.07 Å². The smallest absolute Gasteiger partial charge is 0.221 e. The molecule has 0 spiro atoms. The molecule has 0 aliphatic rings. The Morgan fingerprint density at radius 3 is 2.64 bits per heavy atom. The van der Waals surface area contributed by atoms with Gasteiger partial charge in [-0.15, -0.1) is 11.3 Å². The van der Waals surface area contributed by atoms with E-state index in [0.717, 1.165) is 33.2 Å². The van der Waals surface area contributed by atoms with Gasteiger partial charge in [0.05, 0.1) is 10.6 Å². The molecule has 4 rings (SSSR count). The Labute approximate surface area is 166 Å². The second-order valence-corrected chi connectivity index (χ2v) is 7.51. The van der Waals surface area contributed by atoms with Crippen LogP contribution in [0.4, 0.5) is 23.0 Å². The van der Waals surface area contributed by atoms with Gasteiger partial charge < -0.3 is 16.4 Å². The second-order valence-electron chi connectivity index (χ2n) is 6.45. The SMILES string of the molecule is CC(=O)Nc1cccc(Nc2ccc3sc(-c4ccnc(N)n4)c(C)c3c2)c1. The van der Waals surface area contributed by atoms with Crippen LogP contribution in [0.25, 0.3) is 20.7 Å². The number of anilines is 4. The molecule has 140 valence electrons. The molecule has 6 nitrogen and oxygen atoms in total. The first-order valence-electron chi connectivity index (χ1n) is 8.76. The summed E-state index contributed by atoms with van der Waals surface area (Å²) < 4.78 is 1.18. The molecule has 0 unspecified atom stereocenters. The highest BCUT2D eigenvalue weighted by atomic mass is 32.1. The van der Waals surface area contributed by atoms with Gasteiger partial charge in [0.2, 0.25) is 11.9 Å². The Balaban J connectivity index is 1.67. The molecule has 0 aliphatic heterocycles. The lowest BCUT2D eigenvalue weighted by molar-refractivity contribution is -0.114. The van der Waals surface area contributed by atoms with E-state index in [1.165, 1.54) is 17.0 Å². The maximum Gasteiger partial charge on any atom is 0.221 e. The molecular weight excluding hydrogens is 370 g/mol. The van der Waals surface area contributed by atoms with Crippen LogP contribution in [0.2, 0.25) is 0 Å². The number of thiophene rings is 1. The molecule has 0 radical (unpaired) electrons. The Bertz CT molecular complexity index is 1180. The van der Waals surface area contributed by atoms with E-state index >= 15 is 0 Å². The molecule has 0 saturated heterocycles. The molecule has 0 saturated carbocycles. The molecule has 1 amide bonds. The van der Waals surface area contributed by atoms with Gasteiger partial charge in [0.25, 0.3) is 0 Å². The van der Waals surface area contributed by atoms with Crippen LogP contribution in [0, 0.1) is 6.92 Å². The number of benzene rings is 2. The minimum absolute atomic E-state index is 0.0923. The van der Waals surface area contributed by atoms with Crippen LogP contribution in [0.15, 0.2) is 54.7 Å². The van der Waals surface area contributed by atoms with Crippen LogP contribution in [-0.4, -0.2) is 15.9 Å². The van der Waals surface area contributed by atoms with Gasteiger partial charge in [0.15, 0.2) is 0 Å². The third kappa shape index (κ3) is 3.65. The van der Waals surface area contributed by atoms with E-state index in [1.54, 1.807) is 17.5 Å². The number of aryl methyl sites for hydroxylation is 1. The fourth-order valence-corrected chi connectivity index (χ4v) is 4.25. The van der Waals surface area contributed by atoms with E-state index in [9.17, 15) is 4.79 Å². The zero-order chi connectivity index (χ0) is 19.7. The highest BCUT2D eigenvalue weighted by Gasteiger charge is 2.12. The maximum atomic E-state index is 11.3. The highest BCUT2D eigenvalue weighted by Crippen LogP contribution is 2.38. The lowest BCUT2D eigenvalue weighted by Gasteiger charge is -2.09. The molecule has 2 heterocycles. The fourth-order valence-electron chi connectivity index (χ4n) is 3.09. The van der Waals surface area contributed by atoms with E-state index < -0.39 is 0 Å². The number of amides is 1. The fraction of sp³-hybridized carbons (Fsp3) is 0.0952. The number of aromatic nitrogens is 2. The van der Waals surface area contributed by atoms with Crippen molar-refractivity contribution in [3.05, 3.63) is 60.3 Å². The zero-order valence-electron chi connectivity index (χ0n) is 15.5. The van der Waals surface area contributed by atoms with E-state index in [0.29, 0.717) is 0 Å². The summed E-state index contributed by atoms with van der Waals surface area (Å²) >= 11 is 1.69. The third-order valence-corrected chi connectivity index (χ3v) is 5.61. The molecule has 2 aromatic carbocycles. The van der Waals surface area contributed by atoms with Crippen LogP contribution < -0.4 is 16.4 Å². The van der Waals surface area contributed by atoms with Crippen molar-refractivity contribution >= 4 is 50.3 Å². The van der Waals surface area contributed by atoms with Gasteiger partial charge in [-0.3, -0.25) is 4.79 Å². The van der Waals surface area contributed by atoms with Crippen molar-refractivity contribution in [2.75, 3.05) is 16.4 Å². The molecule has 7 heteroatoms. The van der Waals surface area contributed by atoms with Crippen LogP contribution in [-0.2, 0) is 4.79 Å². The van der Waals surface area contributed by atoms with Crippen molar-refractivity contribution in [2.45, 2.75) is 13.8 Å². The van der Waals surface area contributed by atoms with Crippen LogP contribution in [0.1, 0.15) is 12.5 Å². The maximum absolute atomic E-state index is 11.3.